The fraction of sp³-hybridized carbons (Fsp3) is 0. The molecule has 0 aliphatic rings. The van der Waals surface area contributed by atoms with Gasteiger partial charge in [0.05, 0.1) is 6.33 Å². The van der Waals surface area contributed by atoms with Crippen LogP contribution in [0.25, 0.3) is 0 Å². The standard InChI is InChI=1S/C2H4FP/c3-1-2-4/h1-2H,4H2/b2-1-. The molecule has 0 aromatic heterocycles. The van der Waals surface area contributed by atoms with Gasteiger partial charge in [0.15, 0.2) is 0 Å². The lowest BCUT2D eigenvalue weighted by Gasteiger charge is -1.46. The van der Waals surface area contributed by atoms with Crippen molar-refractivity contribution in [2.24, 2.45) is 0 Å². The van der Waals surface area contributed by atoms with Gasteiger partial charge < -0.3 is 0 Å². The first-order valence-electron chi connectivity index (χ1n) is 0.885. The van der Waals surface area contributed by atoms with Crippen molar-refractivity contribution in [1.29, 1.82) is 0 Å². The fourth-order valence-electron chi connectivity index (χ4n) is 0. The fourth-order valence-corrected chi connectivity index (χ4v) is 0. The van der Waals surface area contributed by atoms with Crippen LogP contribution >= 0.6 is 9.24 Å². The smallest absolute Gasteiger partial charge is 0.0866 e. The molecule has 0 saturated heterocycles. The Morgan fingerprint density at radius 1 is 1.75 bits per heavy atom. The Bertz CT molecular complexity index is 21.2. The molecular weight excluding hydrogens is 74.0 g/mol. The van der Waals surface area contributed by atoms with E-state index in [1.807, 2.05) is 0 Å². The van der Waals surface area contributed by atoms with Gasteiger partial charge in [-0.25, -0.2) is 4.39 Å². The zero-order valence-electron chi connectivity index (χ0n) is 2.11. The van der Waals surface area contributed by atoms with Crippen LogP contribution in [0.4, 0.5) is 4.39 Å². The van der Waals surface area contributed by atoms with E-state index in [1.54, 1.807) is 0 Å². The maximum atomic E-state index is 10.5. The molecule has 24 valence electrons. The van der Waals surface area contributed by atoms with Gasteiger partial charge in [-0.1, -0.05) is 0 Å². The Kier molecular flexibility index (Phi) is 3.18. The summed E-state index contributed by atoms with van der Waals surface area (Å²) in [4.78, 5) is 0. The topological polar surface area (TPSA) is 0 Å². The monoisotopic (exact) mass is 78.0 g/mol. The van der Waals surface area contributed by atoms with Crippen LogP contribution in [0.5, 0.6) is 0 Å². The number of hydrogen-bond acceptors (Lipinski definition) is 0. The second-order valence-corrected chi connectivity index (χ2v) is 0.703. The largest absolute Gasteiger partial charge is 0.216 e. The van der Waals surface area contributed by atoms with Crippen LogP contribution in [-0.4, -0.2) is 0 Å². The highest BCUT2D eigenvalue weighted by atomic mass is 31.0. The first-order chi connectivity index (χ1) is 1.91. The lowest BCUT2D eigenvalue weighted by atomic mass is 11.2. The highest BCUT2D eigenvalue weighted by Crippen LogP contribution is 1.79. The number of halogens is 1. The average Bonchev–Trinajstić information content (AvgIpc) is 1.37. The van der Waals surface area contributed by atoms with Gasteiger partial charge in [-0.3, -0.25) is 0 Å². The van der Waals surface area contributed by atoms with Crippen LogP contribution in [0.1, 0.15) is 0 Å². The van der Waals surface area contributed by atoms with E-state index in [0.29, 0.717) is 6.33 Å². The Morgan fingerprint density at radius 3 is 2.00 bits per heavy atom. The lowest BCUT2D eigenvalue weighted by Crippen LogP contribution is -1.13. The molecule has 0 bridgehead atoms. The van der Waals surface area contributed by atoms with Crippen LogP contribution in [0.2, 0.25) is 0 Å². The van der Waals surface area contributed by atoms with Gasteiger partial charge in [-0.05, 0) is 5.82 Å². The van der Waals surface area contributed by atoms with E-state index < -0.39 is 0 Å². The van der Waals surface area contributed by atoms with Crippen molar-refractivity contribution >= 4 is 9.24 Å². The first-order valence-corrected chi connectivity index (χ1v) is 1.55. The molecule has 0 aliphatic heterocycles. The van der Waals surface area contributed by atoms with Gasteiger partial charge in [0.2, 0.25) is 0 Å². The van der Waals surface area contributed by atoms with Crippen molar-refractivity contribution in [3.8, 4) is 0 Å². The molecule has 0 radical (unpaired) electrons. The summed E-state index contributed by atoms with van der Waals surface area (Å²) < 4.78 is 10.5. The summed E-state index contributed by atoms with van der Waals surface area (Å²) in [6.07, 6.45) is 0.463. The molecule has 0 nitrogen and oxygen atoms in total. The van der Waals surface area contributed by atoms with E-state index in [2.05, 4.69) is 9.24 Å². The van der Waals surface area contributed by atoms with Crippen molar-refractivity contribution in [1.82, 2.24) is 0 Å². The zero-order chi connectivity index (χ0) is 3.41. The quantitative estimate of drug-likeness (QED) is 0.383. The minimum atomic E-state index is 0.463. The molecule has 0 amide bonds. The maximum Gasteiger partial charge on any atom is 0.0866 e. The number of rotatable bonds is 0. The van der Waals surface area contributed by atoms with Crippen LogP contribution in [0.15, 0.2) is 12.1 Å². The van der Waals surface area contributed by atoms with E-state index in [9.17, 15) is 4.39 Å². The molecule has 0 saturated carbocycles. The maximum absolute atomic E-state index is 10.5. The molecule has 2 heteroatoms. The van der Waals surface area contributed by atoms with E-state index in [-0.39, 0.29) is 0 Å². The lowest BCUT2D eigenvalue weighted by molar-refractivity contribution is 0.723. The molecule has 0 heterocycles. The summed E-state index contributed by atoms with van der Waals surface area (Å²) >= 11 is 0. The van der Waals surface area contributed by atoms with Gasteiger partial charge in [-0.15, -0.1) is 9.24 Å². The third-order valence-electron chi connectivity index (χ3n) is 0.0727. The normalized spacial score (nSPS) is 9.50. The molecule has 0 aromatic rings. The summed E-state index contributed by atoms with van der Waals surface area (Å²) in [6, 6.07) is 0. The van der Waals surface area contributed by atoms with Crippen molar-refractivity contribution in [3.05, 3.63) is 12.1 Å². The Morgan fingerprint density at radius 2 is 2.00 bits per heavy atom. The molecule has 0 spiro atoms. The highest BCUT2D eigenvalue weighted by molar-refractivity contribution is 7.20. The summed E-state index contributed by atoms with van der Waals surface area (Å²) in [7, 11) is 2.10. The van der Waals surface area contributed by atoms with Crippen molar-refractivity contribution in [2.75, 3.05) is 0 Å². The van der Waals surface area contributed by atoms with Gasteiger partial charge in [0.25, 0.3) is 0 Å². The van der Waals surface area contributed by atoms with Gasteiger partial charge >= 0.3 is 0 Å². The molecule has 0 aromatic carbocycles. The molecule has 0 aliphatic carbocycles. The summed E-state index contributed by atoms with van der Waals surface area (Å²) in [5.74, 6) is 1.25. The van der Waals surface area contributed by atoms with Crippen LogP contribution in [-0.2, 0) is 0 Å². The van der Waals surface area contributed by atoms with Gasteiger partial charge in [0.1, 0.15) is 0 Å². The van der Waals surface area contributed by atoms with Crippen molar-refractivity contribution in [2.45, 2.75) is 0 Å². The number of hydrogen-bond donors (Lipinski definition) is 0. The molecule has 1 atom stereocenters. The van der Waals surface area contributed by atoms with Crippen LogP contribution in [0.3, 0.4) is 0 Å². The summed E-state index contributed by atoms with van der Waals surface area (Å²) in [5.41, 5.74) is 0. The predicted molar refractivity (Wildman–Crippen MR) is 20.0 cm³/mol. The summed E-state index contributed by atoms with van der Waals surface area (Å²) in [5, 5.41) is 0. The molecule has 0 rings (SSSR count). The minimum Gasteiger partial charge on any atom is -0.216 e. The van der Waals surface area contributed by atoms with Crippen LogP contribution < -0.4 is 0 Å². The minimum absolute atomic E-state index is 0.463. The first kappa shape index (κ1) is 4.10. The Labute approximate surface area is 26.9 Å². The molecule has 0 fully saturated rings. The summed E-state index contributed by atoms with van der Waals surface area (Å²) in [6.45, 7) is 0. The average molecular weight is 78.0 g/mol. The van der Waals surface area contributed by atoms with E-state index in [4.69, 9.17) is 0 Å². The van der Waals surface area contributed by atoms with Gasteiger partial charge in [0, 0.05) is 0 Å². The van der Waals surface area contributed by atoms with E-state index >= 15 is 0 Å². The SMILES string of the molecule is F/C=C\P. The Balaban J connectivity index is 2.55. The Hall–Kier alpha value is 0.100. The van der Waals surface area contributed by atoms with Gasteiger partial charge in [-0.2, -0.15) is 0 Å². The van der Waals surface area contributed by atoms with Crippen molar-refractivity contribution in [3.63, 3.8) is 0 Å². The molecule has 1 unspecified atom stereocenters. The predicted octanol–water partition coefficient (Wildman–Crippen LogP) is 1.30. The van der Waals surface area contributed by atoms with E-state index in [1.165, 1.54) is 5.82 Å². The molecule has 0 N–H and O–H groups in total. The second kappa shape index (κ2) is 3.10. The third kappa shape index (κ3) is 2.10. The van der Waals surface area contributed by atoms with E-state index in [0.717, 1.165) is 0 Å². The van der Waals surface area contributed by atoms with Crippen LogP contribution in [0, 0.1) is 0 Å². The molecule has 4 heavy (non-hydrogen) atoms. The highest BCUT2D eigenvalue weighted by Gasteiger charge is 1.38. The zero-order valence-corrected chi connectivity index (χ0v) is 3.26. The van der Waals surface area contributed by atoms with Crippen molar-refractivity contribution < 1.29 is 4.39 Å². The molecular formula is C2H4FP. The third-order valence-corrected chi connectivity index (χ3v) is 0.218. The second-order valence-electron chi connectivity index (χ2n) is 0.318.